The molecule has 0 unspecified atom stereocenters. The lowest BCUT2D eigenvalue weighted by Crippen LogP contribution is -2.38. The average molecular weight is 371 g/mol. The van der Waals surface area contributed by atoms with Gasteiger partial charge in [-0.05, 0) is 61.2 Å². The predicted molar refractivity (Wildman–Crippen MR) is 99.5 cm³/mol. The molecule has 0 bridgehead atoms. The Morgan fingerprint density at radius 2 is 1.81 bits per heavy atom. The van der Waals surface area contributed by atoms with Crippen molar-refractivity contribution in [2.75, 3.05) is 11.9 Å². The molecular formula is C21H22FNO4. The number of hydrogen-bond acceptors (Lipinski definition) is 3. The predicted octanol–water partition coefficient (Wildman–Crippen LogP) is 4.05. The van der Waals surface area contributed by atoms with Crippen LogP contribution in [-0.4, -0.2) is 23.6 Å². The van der Waals surface area contributed by atoms with Gasteiger partial charge in [-0.3, -0.25) is 4.79 Å². The van der Waals surface area contributed by atoms with Crippen LogP contribution in [-0.2, 0) is 15.0 Å². The number of halogens is 1. The maximum Gasteiger partial charge on any atom is 0.341 e. The minimum atomic E-state index is -1.05. The second-order valence-electron chi connectivity index (χ2n) is 6.91. The third-order valence-electron chi connectivity index (χ3n) is 5.10. The third-order valence-corrected chi connectivity index (χ3v) is 5.10. The van der Waals surface area contributed by atoms with Gasteiger partial charge in [0.25, 0.3) is 0 Å². The molecule has 2 aromatic carbocycles. The first kappa shape index (κ1) is 18.9. The molecule has 3 rings (SSSR count). The molecular weight excluding hydrogens is 349 g/mol. The number of aliphatic carboxylic acids is 1. The van der Waals surface area contributed by atoms with Crippen molar-refractivity contribution in [3.8, 4) is 5.75 Å². The van der Waals surface area contributed by atoms with E-state index in [0.29, 0.717) is 11.4 Å². The van der Waals surface area contributed by atoms with Gasteiger partial charge >= 0.3 is 5.97 Å². The number of carbonyl (C=O) groups excluding carboxylic acids is 1. The topological polar surface area (TPSA) is 75.6 Å². The highest BCUT2D eigenvalue weighted by Gasteiger charge is 2.42. The molecule has 2 aromatic rings. The lowest BCUT2D eigenvalue weighted by molar-refractivity contribution is -0.139. The van der Waals surface area contributed by atoms with Gasteiger partial charge in [0.05, 0.1) is 5.41 Å². The van der Waals surface area contributed by atoms with Crippen molar-refractivity contribution < 1.29 is 23.8 Å². The van der Waals surface area contributed by atoms with Crippen molar-refractivity contribution in [1.29, 1.82) is 0 Å². The summed E-state index contributed by atoms with van der Waals surface area (Å²) in [7, 11) is 0. The second-order valence-corrected chi connectivity index (χ2v) is 6.91. The summed E-state index contributed by atoms with van der Waals surface area (Å²) in [4.78, 5) is 23.8. The maximum absolute atomic E-state index is 13.3. The van der Waals surface area contributed by atoms with Crippen LogP contribution in [0.5, 0.6) is 5.75 Å². The fourth-order valence-corrected chi connectivity index (χ4v) is 3.65. The zero-order chi connectivity index (χ0) is 19.4. The number of anilines is 1. The van der Waals surface area contributed by atoms with Gasteiger partial charge in [0.15, 0.2) is 6.61 Å². The van der Waals surface area contributed by atoms with Gasteiger partial charge in [-0.1, -0.05) is 25.0 Å². The summed E-state index contributed by atoms with van der Waals surface area (Å²) >= 11 is 0. The van der Waals surface area contributed by atoms with E-state index in [2.05, 4.69) is 5.32 Å². The molecule has 0 aromatic heterocycles. The van der Waals surface area contributed by atoms with Gasteiger partial charge in [-0.2, -0.15) is 0 Å². The molecule has 1 aliphatic rings. The zero-order valence-corrected chi connectivity index (χ0v) is 15.1. The summed E-state index contributed by atoms with van der Waals surface area (Å²) in [5.74, 6) is -1.04. The second kappa shape index (κ2) is 7.78. The van der Waals surface area contributed by atoms with Gasteiger partial charge in [0.1, 0.15) is 11.6 Å². The van der Waals surface area contributed by atoms with Crippen molar-refractivity contribution >= 4 is 17.6 Å². The molecule has 142 valence electrons. The standard InChI is InChI=1S/C21H22FNO4/c1-14-12-17(27-13-19(24)25)8-9-18(14)23-20(26)21(10-2-3-11-21)15-4-6-16(22)7-5-15/h4-9,12H,2-3,10-11,13H2,1H3,(H,23,26)(H,24,25). The molecule has 0 saturated heterocycles. The Hall–Kier alpha value is -2.89. The zero-order valence-electron chi connectivity index (χ0n) is 15.1. The molecule has 1 aliphatic carbocycles. The third kappa shape index (κ3) is 4.10. The van der Waals surface area contributed by atoms with Crippen LogP contribution < -0.4 is 10.1 Å². The number of carboxylic acid groups (broad SMARTS) is 1. The van der Waals surface area contributed by atoms with E-state index < -0.39 is 18.0 Å². The molecule has 0 atom stereocenters. The number of ether oxygens (including phenoxy) is 1. The summed E-state index contributed by atoms with van der Waals surface area (Å²) in [5.41, 5.74) is 1.60. The van der Waals surface area contributed by atoms with E-state index in [-0.39, 0.29) is 11.7 Å². The number of aryl methyl sites for hydroxylation is 1. The van der Waals surface area contributed by atoms with Gasteiger partial charge in [0.2, 0.25) is 5.91 Å². The largest absolute Gasteiger partial charge is 0.482 e. The fraction of sp³-hybridized carbons (Fsp3) is 0.333. The van der Waals surface area contributed by atoms with Crippen LogP contribution in [0, 0.1) is 12.7 Å². The molecule has 0 heterocycles. The van der Waals surface area contributed by atoms with E-state index in [9.17, 15) is 14.0 Å². The quantitative estimate of drug-likeness (QED) is 0.803. The molecule has 1 amide bonds. The highest BCUT2D eigenvalue weighted by atomic mass is 19.1. The van der Waals surface area contributed by atoms with E-state index >= 15 is 0 Å². The summed E-state index contributed by atoms with van der Waals surface area (Å²) in [6.45, 7) is 1.40. The van der Waals surface area contributed by atoms with Gasteiger partial charge in [0, 0.05) is 5.69 Å². The van der Waals surface area contributed by atoms with E-state index in [1.807, 2.05) is 6.92 Å². The van der Waals surface area contributed by atoms with Gasteiger partial charge in [-0.15, -0.1) is 0 Å². The normalized spacial score (nSPS) is 15.3. The Labute approximate surface area is 157 Å². The highest BCUT2D eigenvalue weighted by Crippen LogP contribution is 2.42. The van der Waals surface area contributed by atoms with Gasteiger partial charge < -0.3 is 15.2 Å². The minimum Gasteiger partial charge on any atom is -0.482 e. The van der Waals surface area contributed by atoms with E-state index in [1.54, 1.807) is 30.3 Å². The Morgan fingerprint density at radius 1 is 1.15 bits per heavy atom. The molecule has 27 heavy (non-hydrogen) atoms. The monoisotopic (exact) mass is 371 g/mol. The van der Waals surface area contributed by atoms with Crippen LogP contribution in [0.4, 0.5) is 10.1 Å². The Bertz CT molecular complexity index is 842. The van der Waals surface area contributed by atoms with Crippen molar-refractivity contribution in [2.45, 2.75) is 38.0 Å². The smallest absolute Gasteiger partial charge is 0.341 e. The molecule has 1 saturated carbocycles. The van der Waals surface area contributed by atoms with Crippen LogP contribution in [0.15, 0.2) is 42.5 Å². The SMILES string of the molecule is Cc1cc(OCC(=O)O)ccc1NC(=O)C1(c2ccc(F)cc2)CCCC1. The Balaban J connectivity index is 1.80. The number of carbonyl (C=O) groups is 2. The summed E-state index contributed by atoms with van der Waals surface area (Å²) in [6.07, 6.45) is 3.35. The molecule has 0 spiro atoms. The molecule has 5 nitrogen and oxygen atoms in total. The van der Waals surface area contributed by atoms with Crippen LogP contribution in [0.2, 0.25) is 0 Å². The summed E-state index contributed by atoms with van der Waals surface area (Å²) < 4.78 is 18.5. The van der Waals surface area contributed by atoms with E-state index in [4.69, 9.17) is 9.84 Å². The number of hydrogen-bond donors (Lipinski definition) is 2. The first-order chi connectivity index (χ1) is 12.9. The van der Waals surface area contributed by atoms with Crippen LogP contribution in [0.3, 0.4) is 0 Å². The molecule has 2 N–H and O–H groups in total. The molecule has 0 aliphatic heterocycles. The van der Waals surface area contributed by atoms with E-state index in [0.717, 1.165) is 36.8 Å². The average Bonchev–Trinajstić information content (AvgIpc) is 3.13. The van der Waals surface area contributed by atoms with E-state index in [1.165, 1.54) is 12.1 Å². The molecule has 1 fully saturated rings. The Kier molecular flexibility index (Phi) is 5.44. The first-order valence-corrected chi connectivity index (χ1v) is 8.93. The minimum absolute atomic E-state index is 0.103. The summed E-state index contributed by atoms with van der Waals surface area (Å²) in [6, 6.07) is 11.2. The molecule has 0 radical (unpaired) electrons. The fourth-order valence-electron chi connectivity index (χ4n) is 3.65. The van der Waals surface area contributed by atoms with Crippen LogP contribution in [0.25, 0.3) is 0 Å². The number of nitrogens with one attached hydrogen (secondary N) is 1. The van der Waals surface area contributed by atoms with Crippen LogP contribution in [0.1, 0.15) is 36.8 Å². The molecule has 6 heteroatoms. The number of rotatable bonds is 6. The highest BCUT2D eigenvalue weighted by molar-refractivity contribution is 6.00. The van der Waals surface area contributed by atoms with Gasteiger partial charge in [-0.25, -0.2) is 9.18 Å². The van der Waals surface area contributed by atoms with Crippen molar-refractivity contribution in [2.24, 2.45) is 0 Å². The lowest BCUT2D eigenvalue weighted by atomic mass is 9.78. The van der Waals surface area contributed by atoms with Crippen LogP contribution >= 0.6 is 0 Å². The Morgan fingerprint density at radius 3 is 2.41 bits per heavy atom. The summed E-state index contributed by atoms with van der Waals surface area (Å²) in [5, 5.41) is 11.7. The van der Waals surface area contributed by atoms with Crippen molar-refractivity contribution in [3.63, 3.8) is 0 Å². The number of amides is 1. The number of carboxylic acids is 1. The van der Waals surface area contributed by atoms with Crippen molar-refractivity contribution in [1.82, 2.24) is 0 Å². The maximum atomic E-state index is 13.3. The van der Waals surface area contributed by atoms with Crippen molar-refractivity contribution in [3.05, 3.63) is 59.4 Å². The first-order valence-electron chi connectivity index (χ1n) is 8.93. The number of benzene rings is 2. The lowest BCUT2D eigenvalue weighted by Gasteiger charge is -2.28.